The predicted octanol–water partition coefficient (Wildman–Crippen LogP) is -2.22. The van der Waals surface area contributed by atoms with Gasteiger partial charge in [0.2, 0.25) is 0 Å². The molecule has 0 fully saturated rings. The van der Waals surface area contributed by atoms with E-state index in [-0.39, 0.29) is 17.1 Å². The predicted molar refractivity (Wildman–Crippen MR) is 38.2 cm³/mol. The second-order valence-electron chi connectivity index (χ2n) is 2.32. The number of carbonyl (C=O) groups excluding carboxylic acids is 2. The van der Waals surface area contributed by atoms with Crippen LogP contribution < -0.4 is 10.2 Å². The molecule has 7 heteroatoms. The van der Waals surface area contributed by atoms with Crippen LogP contribution in [0, 0.1) is 0 Å². The van der Waals surface area contributed by atoms with Gasteiger partial charge in [-0.25, -0.2) is 0 Å². The van der Waals surface area contributed by atoms with Crippen LogP contribution >= 0.6 is 0 Å². The smallest absolute Gasteiger partial charge is 0.530 e. The maximum atomic E-state index is 9.51. The van der Waals surface area contributed by atoms with E-state index in [9.17, 15) is 19.8 Å². The Morgan fingerprint density at radius 3 is 0.923 bits per heavy atom. The molecule has 0 saturated heterocycles. The fraction of sp³-hybridized carbons (Fsp3) is 0.667. The zero-order chi connectivity index (χ0) is 10.3. The van der Waals surface area contributed by atoms with Crippen molar-refractivity contribution in [1.82, 2.24) is 9.80 Å². The molecule has 0 aliphatic rings. The van der Waals surface area contributed by atoms with Gasteiger partial charge in [-0.05, 0) is 0 Å². The topological polar surface area (TPSA) is 86.7 Å². The number of carbonyl (C=O) groups is 2. The molecule has 0 radical (unpaired) electrons. The average molecular weight is 232 g/mol. The van der Waals surface area contributed by atoms with E-state index in [0.717, 1.165) is 9.80 Å². The minimum absolute atomic E-state index is 0. The molecule has 6 nitrogen and oxygen atoms in total. The summed E-state index contributed by atoms with van der Waals surface area (Å²) in [6.07, 6.45) is -2.31. The summed E-state index contributed by atoms with van der Waals surface area (Å²) in [4.78, 5) is 21.0. The Hall–Kier alpha value is -0.941. The van der Waals surface area contributed by atoms with Crippen LogP contribution in [0.5, 0.6) is 0 Å². The molecule has 0 saturated carbocycles. The number of hydrogen-bond donors (Lipinski definition) is 0. The zero-order valence-corrected chi connectivity index (χ0v) is 8.99. The van der Waals surface area contributed by atoms with Crippen LogP contribution in [0.25, 0.3) is 0 Å². The molecular weight excluding hydrogens is 220 g/mol. The van der Waals surface area contributed by atoms with E-state index in [4.69, 9.17) is 0 Å². The Balaban J connectivity index is -0.000000143. The van der Waals surface area contributed by atoms with Crippen molar-refractivity contribution in [2.45, 2.75) is 0 Å². The van der Waals surface area contributed by atoms with E-state index in [1.54, 1.807) is 0 Å². The van der Waals surface area contributed by atoms with Gasteiger partial charge in [-0.1, -0.05) is 0 Å². The van der Waals surface area contributed by atoms with Gasteiger partial charge >= 0.3 is 17.1 Å². The number of carboxylic acid groups (broad SMARTS) is 2. The molecule has 2 amide bonds. The Morgan fingerprint density at radius 2 is 0.923 bits per heavy atom. The van der Waals surface area contributed by atoms with Crippen molar-refractivity contribution in [3.8, 4) is 0 Å². The van der Waals surface area contributed by atoms with Gasteiger partial charge < -0.3 is 29.6 Å². The Bertz CT molecular complexity index is 143. The third-order valence-electron chi connectivity index (χ3n) is 0.730. The van der Waals surface area contributed by atoms with E-state index in [2.05, 4.69) is 0 Å². The van der Waals surface area contributed by atoms with Crippen molar-refractivity contribution < 1.29 is 36.9 Å². The summed E-state index contributed by atoms with van der Waals surface area (Å²) < 4.78 is 0. The van der Waals surface area contributed by atoms with Crippen molar-refractivity contribution in [3.05, 3.63) is 0 Å². The summed E-state index contributed by atoms with van der Waals surface area (Å²) in [5.41, 5.74) is 0. The summed E-state index contributed by atoms with van der Waals surface area (Å²) in [6, 6.07) is 0. The molecule has 0 N–H and O–H groups in total. The fourth-order valence-electron chi connectivity index (χ4n) is 0. The third-order valence-corrected chi connectivity index (χ3v) is 0.730. The average Bonchev–Trinajstić information content (AvgIpc) is 1.88. The Morgan fingerprint density at radius 1 is 0.846 bits per heavy atom. The quantitative estimate of drug-likeness (QED) is 0.442. The molecule has 0 atom stereocenters. The van der Waals surface area contributed by atoms with E-state index >= 15 is 0 Å². The van der Waals surface area contributed by atoms with Crippen molar-refractivity contribution in [3.63, 3.8) is 0 Å². The van der Waals surface area contributed by atoms with Crippen molar-refractivity contribution >= 4 is 12.2 Å². The minimum atomic E-state index is -1.16. The van der Waals surface area contributed by atoms with Gasteiger partial charge in [-0.3, -0.25) is 0 Å². The third kappa shape index (κ3) is 18.2. The van der Waals surface area contributed by atoms with Crippen LogP contribution in [0.1, 0.15) is 0 Å². The molecule has 0 bridgehead atoms. The number of hydrogen-bond acceptors (Lipinski definition) is 4. The number of nitrogens with zero attached hydrogens (tertiary/aromatic N) is 2. The summed E-state index contributed by atoms with van der Waals surface area (Å²) in [5.74, 6) is 0. The molecule has 0 rings (SSSR count). The summed E-state index contributed by atoms with van der Waals surface area (Å²) in [6.45, 7) is 0. The Labute approximate surface area is 87.6 Å². The molecule has 78 valence electrons. The van der Waals surface area contributed by atoms with Gasteiger partial charge in [0, 0.05) is 28.2 Å². The first-order valence-corrected chi connectivity index (χ1v) is 3.05. The zero-order valence-electron chi connectivity index (χ0n) is 7.88. The van der Waals surface area contributed by atoms with Crippen LogP contribution in [-0.4, -0.2) is 50.2 Å². The normalized spacial score (nSPS) is 7.08. The molecule has 13 heavy (non-hydrogen) atoms. The van der Waals surface area contributed by atoms with Crippen LogP contribution in [0.3, 0.4) is 0 Å². The summed E-state index contributed by atoms with van der Waals surface area (Å²) in [5, 5.41) is 19.0. The number of amides is 2. The minimum Gasteiger partial charge on any atom is -0.530 e. The molecule has 0 spiro atoms. The summed E-state index contributed by atoms with van der Waals surface area (Å²) >= 11 is 0. The van der Waals surface area contributed by atoms with Crippen molar-refractivity contribution in [2.75, 3.05) is 28.2 Å². The van der Waals surface area contributed by atoms with Crippen LogP contribution in [-0.2, 0) is 17.1 Å². The van der Waals surface area contributed by atoms with Crippen LogP contribution in [0.4, 0.5) is 9.59 Å². The van der Waals surface area contributed by atoms with E-state index in [1.165, 1.54) is 28.2 Å². The van der Waals surface area contributed by atoms with Crippen LogP contribution in [0.15, 0.2) is 0 Å². The maximum Gasteiger partial charge on any atom is 2.00 e. The second-order valence-corrected chi connectivity index (χ2v) is 2.32. The summed E-state index contributed by atoms with van der Waals surface area (Å²) in [7, 11) is 5.65. The molecule has 0 aromatic heterocycles. The van der Waals surface area contributed by atoms with Gasteiger partial charge in [-0.2, -0.15) is 0 Å². The molecule has 0 unspecified atom stereocenters. The largest absolute Gasteiger partial charge is 2.00 e. The SMILES string of the molecule is CN(C)C(=O)[O-].CN(C)C(=O)[O-].[Fe+2]. The molecular formula is C6H12FeN2O4. The first kappa shape index (κ1) is 18.0. The second kappa shape index (κ2) is 9.15. The van der Waals surface area contributed by atoms with E-state index in [1.807, 2.05) is 0 Å². The van der Waals surface area contributed by atoms with Crippen molar-refractivity contribution in [1.29, 1.82) is 0 Å². The monoisotopic (exact) mass is 232 g/mol. The molecule has 0 heterocycles. The van der Waals surface area contributed by atoms with Gasteiger partial charge in [0.25, 0.3) is 0 Å². The fourth-order valence-corrected chi connectivity index (χ4v) is 0. The molecule has 0 aliphatic carbocycles. The molecule has 0 aromatic rings. The first-order chi connectivity index (χ1) is 5.29. The maximum absolute atomic E-state index is 9.51. The Kier molecular flexibility index (Phi) is 12.6. The molecule has 0 aliphatic heterocycles. The van der Waals surface area contributed by atoms with Gasteiger partial charge in [0.15, 0.2) is 0 Å². The van der Waals surface area contributed by atoms with Gasteiger partial charge in [0.1, 0.15) is 12.2 Å². The van der Waals surface area contributed by atoms with Gasteiger partial charge in [-0.15, -0.1) is 0 Å². The standard InChI is InChI=1S/2C3H7NO2.Fe/c2*1-4(2)3(5)6;/h2*1-2H3,(H,5,6);/q;;+2/p-2. The van der Waals surface area contributed by atoms with Crippen LogP contribution in [0.2, 0.25) is 0 Å². The number of rotatable bonds is 0. The van der Waals surface area contributed by atoms with Gasteiger partial charge in [0.05, 0.1) is 0 Å². The first-order valence-electron chi connectivity index (χ1n) is 3.05. The van der Waals surface area contributed by atoms with E-state index < -0.39 is 12.2 Å². The van der Waals surface area contributed by atoms with Crippen molar-refractivity contribution in [2.24, 2.45) is 0 Å². The molecule has 0 aromatic carbocycles. The van der Waals surface area contributed by atoms with E-state index in [0.29, 0.717) is 0 Å².